The van der Waals surface area contributed by atoms with Gasteiger partial charge in [-0.1, -0.05) is 126 Å². The molecule has 0 spiro atoms. The molecule has 172 valence electrons. The Bertz CT molecular complexity index is 1160. The van der Waals surface area contributed by atoms with Crippen LogP contribution in [-0.4, -0.2) is 4.57 Å². The number of nitrogens with zero attached hydrogens (tertiary/aromatic N) is 1. The molecule has 1 aromatic heterocycles. The Morgan fingerprint density at radius 2 is 0.788 bits per heavy atom. The van der Waals surface area contributed by atoms with E-state index in [4.69, 9.17) is 0 Å². The normalized spacial score (nSPS) is 10.2. The van der Waals surface area contributed by atoms with Gasteiger partial charge in [-0.05, 0) is 40.8 Å². The summed E-state index contributed by atoms with van der Waals surface area (Å²) in [6, 6.07) is 34.3. The van der Waals surface area contributed by atoms with Crippen molar-refractivity contribution in [3.05, 3.63) is 108 Å². The quantitative estimate of drug-likeness (QED) is 0.223. The molecule has 1 heterocycles. The summed E-state index contributed by atoms with van der Waals surface area (Å²) in [4.78, 5) is 0. The van der Waals surface area contributed by atoms with E-state index in [2.05, 4.69) is 109 Å². The van der Waals surface area contributed by atoms with Gasteiger partial charge in [-0.25, -0.2) is 0 Å². The van der Waals surface area contributed by atoms with Crippen LogP contribution in [0.25, 0.3) is 32.9 Å². The Kier molecular flexibility index (Phi) is 10.4. The van der Waals surface area contributed by atoms with Gasteiger partial charge in [-0.15, -0.1) is 0 Å². The number of hydrogen-bond acceptors (Lipinski definition) is 0. The molecule has 0 atom stereocenters. The molecule has 0 fully saturated rings. The molecule has 0 saturated carbocycles. The molecule has 4 aromatic carbocycles. The Morgan fingerprint density at radius 3 is 1.21 bits per heavy atom. The molecular formula is C32H39N. The number of para-hydroxylation sites is 2. The van der Waals surface area contributed by atoms with Crippen LogP contribution in [0.15, 0.2) is 97.1 Å². The van der Waals surface area contributed by atoms with Crippen LogP contribution in [0.4, 0.5) is 0 Å². The molecule has 33 heavy (non-hydrogen) atoms. The van der Waals surface area contributed by atoms with Gasteiger partial charge in [-0.3, -0.25) is 0 Å². The lowest BCUT2D eigenvalue weighted by molar-refractivity contribution is 1.01. The average molecular weight is 438 g/mol. The molecule has 0 bridgehead atoms. The third-order valence-electron chi connectivity index (χ3n) is 5.53. The van der Waals surface area contributed by atoms with E-state index >= 15 is 0 Å². The minimum Gasteiger partial charge on any atom is -0.344 e. The van der Waals surface area contributed by atoms with Gasteiger partial charge < -0.3 is 4.57 Å². The van der Waals surface area contributed by atoms with E-state index in [0.717, 1.165) is 6.42 Å². The second-order valence-corrected chi connectivity index (χ2v) is 7.08. The molecule has 1 nitrogen and oxygen atoms in total. The van der Waals surface area contributed by atoms with Gasteiger partial charge >= 0.3 is 0 Å². The molecule has 1 heteroatoms. The lowest BCUT2D eigenvalue weighted by atomic mass is 10.1. The average Bonchev–Trinajstić information content (AvgIpc) is 3.44. The Morgan fingerprint density at radius 1 is 0.455 bits per heavy atom. The van der Waals surface area contributed by atoms with Crippen molar-refractivity contribution in [2.24, 2.45) is 7.05 Å². The highest BCUT2D eigenvalue weighted by atomic mass is 14.9. The highest BCUT2D eigenvalue weighted by molar-refractivity contribution is 6.07. The molecule has 0 unspecified atom stereocenters. The van der Waals surface area contributed by atoms with Crippen molar-refractivity contribution >= 4 is 21.8 Å². The SMILES string of the molecule is CC.CC.CC.Cn1c2ccccc2c2ccccc21.c1ccc2c(c1)Cc1ccccc1-2. The lowest BCUT2D eigenvalue weighted by Crippen LogP contribution is -1.84. The number of benzene rings is 4. The van der Waals surface area contributed by atoms with E-state index in [9.17, 15) is 0 Å². The fraction of sp³-hybridized carbons (Fsp3) is 0.250. The van der Waals surface area contributed by atoms with Crippen molar-refractivity contribution in [2.45, 2.75) is 48.0 Å². The zero-order chi connectivity index (χ0) is 24.2. The van der Waals surface area contributed by atoms with Crippen LogP contribution in [0.5, 0.6) is 0 Å². The summed E-state index contributed by atoms with van der Waals surface area (Å²) in [5, 5.41) is 2.68. The number of hydrogen-bond donors (Lipinski definition) is 0. The predicted octanol–water partition coefficient (Wildman–Crippen LogP) is 9.67. The Labute approximate surface area is 200 Å². The first kappa shape index (κ1) is 25.9. The molecule has 0 saturated heterocycles. The standard InChI is InChI=1S/C13H11N.C13H10.3C2H6/c1-14-12-8-4-2-6-10(12)11-7-3-5-9-13(11)14;1-3-7-12-10(5-1)9-11-6-2-4-8-13(11)12;3*1-2/h2-9H,1H3;1-8H,9H2;3*1-2H3. The van der Waals surface area contributed by atoms with Gasteiger partial charge in [0.25, 0.3) is 0 Å². The summed E-state index contributed by atoms with van der Waals surface area (Å²) >= 11 is 0. The third kappa shape index (κ3) is 5.54. The van der Waals surface area contributed by atoms with Gasteiger partial charge in [0.05, 0.1) is 0 Å². The molecule has 0 N–H and O–H groups in total. The second-order valence-electron chi connectivity index (χ2n) is 7.08. The number of fused-ring (bicyclic) bond motifs is 6. The van der Waals surface area contributed by atoms with Crippen LogP contribution in [0, 0.1) is 0 Å². The van der Waals surface area contributed by atoms with Gasteiger partial charge in [0.1, 0.15) is 0 Å². The van der Waals surface area contributed by atoms with Crippen molar-refractivity contribution in [1.29, 1.82) is 0 Å². The van der Waals surface area contributed by atoms with E-state index < -0.39 is 0 Å². The van der Waals surface area contributed by atoms with Crippen LogP contribution >= 0.6 is 0 Å². The summed E-state index contributed by atoms with van der Waals surface area (Å²) in [6.07, 6.45) is 1.10. The molecule has 0 amide bonds. The maximum atomic E-state index is 2.24. The molecule has 6 rings (SSSR count). The van der Waals surface area contributed by atoms with Crippen LogP contribution in [0.3, 0.4) is 0 Å². The van der Waals surface area contributed by atoms with E-state index in [0.29, 0.717) is 0 Å². The minimum absolute atomic E-state index is 1.10. The van der Waals surface area contributed by atoms with Crippen molar-refractivity contribution < 1.29 is 0 Å². The topological polar surface area (TPSA) is 4.93 Å². The first-order valence-electron chi connectivity index (χ1n) is 12.4. The molecule has 1 aliphatic rings. The second kappa shape index (κ2) is 13.3. The maximum Gasteiger partial charge on any atom is 0.0488 e. The van der Waals surface area contributed by atoms with E-state index in [1.54, 1.807) is 0 Å². The predicted molar refractivity (Wildman–Crippen MR) is 149 cm³/mol. The monoisotopic (exact) mass is 437 g/mol. The van der Waals surface area contributed by atoms with Crippen LogP contribution < -0.4 is 0 Å². The van der Waals surface area contributed by atoms with Crippen molar-refractivity contribution in [2.75, 3.05) is 0 Å². The maximum absolute atomic E-state index is 2.24. The number of aromatic nitrogens is 1. The number of rotatable bonds is 0. The molecule has 0 radical (unpaired) electrons. The summed E-state index contributed by atoms with van der Waals surface area (Å²) < 4.78 is 2.24. The minimum atomic E-state index is 1.10. The van der Waals surface area contributed by atoms with Gasteiger partial charge in [0.2, 0.25) is 0 Å². The highest BCUT2D eigenvalue weighted by Crippen LogP contribution is 2.35. The molecule has 1 aliphatic carbocycles. The van der Waals surface area contributed by atoms with E-state index in [1.807, 2.05) is 41.5 Å². The molecule has 5 aromatic rings. The molecule has 0 aliphatic heterocycles. The smallest absolute Gasteiger partial charge is 0.0488 e. The highest BCUT2D eigenvalue weighted by Gasteiger charge is 2.15. The fourth-order valence-corrected chi connectivity index (χ4v) is 4.20. The summed E-state index contributed by atoms with van der Waals surface area (Å²) in [7, 11) is 2.12. The van der Waals surface area contributed by atoms with E-state index in [1.165, 1.54) is 44.1 Å². The van der Waals surface area contributed by atoms with Gasteiger partial charge in [0, 0.05) is 28.9 Å². The summed E-state index contributed by atoms with van der Waals surface area (Å²) in [5.74, 6) is 0. The zero-order valence-electron chi connectivity index (χ0n) is 21.4. The first-order valence-corrected chi connectivity index (χ1v) is 12.4. The summed E-state index contributed by atoms with van der Waals surface area (Å²) in [5.41, 5.74) is 8.35. The van der Waals surface area contributed by atoms with Crippen molar-refractivity contribution in [1.82, 2.24) is 4.57 Å². The lowest BCUT2D eigenvalue weighted by Gasteiger charge is -1.98. The Hall–Kier alpha value is -3.32. The van der Waals surface area contributed by atoms with Crippen molar-refractivity contribution in [3.63, 3.8) is 0 Å². The van der Waals surface area contributed by atoms with Crippen molar-refractivity contribution in [3.8, 4) is 11.1 Å². The Balaban J connectivity index is 0.000000191. The fourth-order valence-electron chi connectivity index (χ4n) is 4.20. The first-order chi connectivity index (χ1) is 16.3. The van der Waals surface area contributed by atoms with Crippen LogP contribution in [0.1, 0.15) is 52.7 Å². The summed E-state index contributed by atoms with van der Waals surface area (Å²) in [6.45, 7) is 12.0. The number of aryl methyl sites for hydroxylation is 1. The van der Waals surface area contributed by atoms with Crippen LogP contribution in [0.2, 0.25) is 0 Å². The van der Waals surface area contributed by atoms with Crippen LogP contribution in [-0.2, 0) is 13.5 Å². The van der Waals surface area contributed by atoms with Gasteiger partial charge in [-0.2, -0.15) is 0 Å². The van der Waals surface area contributed by atoms with Gasteiger partial charge in [0.15, 0.2) is 0 Å². The molecular weight excluding hydrogens is 398 g/mol. The largest absolute Gasteiger partial charge is 0.344 e. The third-order valence-corrected chi connectivity index (χ3v) is 5.53. The zero-order valence-corrected chi connectivity index (χ0v) is 21.4. The van der Waals surface area contributed by atoms with E-state index in [-0.39, 0.29) is 0 Å².